The second-order valence-electron chi connectivity index (χ2n) is 5.15. The van der Waals surface area contributed by atoms with E-state index in [9.17, 15) is 14.4 Å². The second-order valence-corrected chi connectivity index (χ2v) is 5.15. The standard InChI is InChI=1S/C14H26N2O4/c1-5-16(6-2)13(18)8-7-12(17)15-11(14(19)20)9-10(3)4/h10-11H,5-9H2,1-4H3,(H,15,17)(H,19,20)/t11-/m0/s1. The number of carboxylic acids is 1. The number of carbonyl (C=O) groups is 3. The molecule has 0 radical (unpaired) electrons. The van der Waals surface area contributed by atoms with E-state index >= 15 is 0 Å². The average molecular weight is 286 g/mol. The third kappa shape index (κ3) is 7.11. The van der Waals surface area contributed by atoms with Crippen LogP contribution in [0.4, 0.5) is 0 Å². The Morgan fingerprint density at radius 2 is 1.65 bits per heavy atom. The molecule has 0 aromatic heterocycles. The lowest BCUT2D eigenvalue weighted by Gasteiger charge is -2.19. The molecule has 2 amide bonds. The molecular weight excluding hydrogens is 260 g/mol. The van der Waals surface area contributed by atoms with Gasteiger partial charge in [-0.3, -0.25) is 9.59 Å². The van der Waals surface area contributed by atoms with Crippen molar-refractivity contribution in [3.63, 3.8) is 0 Å². The second kappa shape index (κ2) is 9.34. The number of amides is 2. The molecule has 0 aliphatic heterocycles. The minimum Gasteiger partial charge on any atom is -0.480 e. The molecule has 116 valence electrons. The van der Waals surface area contributed by atoms with Crippen LogP contribution in [-0.4, -0.2) is 46.9 Å². The SMILES string of the molecule is CCN(CC)C(=O)CCC(=O)N[C@@H](CC(C)C)C(=O)O. The van der Waals surface area contributed by atoms with Crippen LogP contribution in [0.2, 0.25) is 0 Å². The quantitative estimate of drug-likeness (QED) is 0.668. The van der Waals surface area contributed by atoms with E-state index in [0.717, 1.165) is 0 Å². The summed E-state index contributed by atoms with van der Waals surface area (Å²) in [6.07, 6.45) is 0.518. The van der Waals surface area contributed by atoms with Gasteiger partial charge in [-0.15, -0.1) is 0 Å². The van der Waals surface area contributed by atoms with Gasteiger partial charge in [0.1, 0.15) is 6.04 Å². The zero-order chi connectivity index (χ0) is 15.7. The monoisotopic (exact) mass is 286 g/mol. The molecule has 0 aromatic carbocycles. The van der Waals surface area contributed by atoms with Crippen LogP contribution in [0, 0.1) is 5.92 Å². The molecule has 0 spiro atoms. The van der Waals surface area contributed by atoms with Crippen LogP contribution in [0.3, 0.4) is 0 Å². The van der Waals surface area contributed by atoms with Crippen molar-refractivity contribution in [2.45, 2.75) is 53.0 Å². The number of rotatable bonds is 9. The first kappa shape index (κ1) is 18.4. The molecule has 0 rings (SSSR count). The van der Waals surface area contributed by atoms with Crippen molar-refractivity contribution in [2.24, 2.45) is 5.92 Å². The van der Waals surface area contributed by atoms with E-state index < -0.39 is 17.9 Å². The number of hydrogen-bond donors (Lipinski definition) is 2. The van der Waals surface area contributed by atoms with Crippen LogP contribution in [0.25, 0.3) is 0 Å². The van der Waals surface area contributed by atoms with E-state index in [1.165, 1.54) is 0 Å². The predicted molar refractivity (Wildman–Crippen MR) is 76.2 cm³/mol. The molecule has 0 saturated carbocycles. The topological polar surface area (TPSA) is 86.7 Å². The van der Waals surface area contributed by atoms with E-state index in [4.69, 9.17) is 5.11 Å². The molecule has 0 aliphatic rings. The van der Waals surface area contributed by atoms with Gasteiger partial charge in [-0.2, -0.15) is 0 Å². The fourth-order valence-electron chi connectivity index (χ4n) is 1.91. The van der Waals surface area contributed by atoms with E-state index in [1.807, 2.05) is 27.7 Å². The molecule has 2 N–H and O–H groups in total. The normalized spacial score (nSPS) is 12.1. The summed E-state index contributed by atoms with van der Waals surface area (Å²) in [6.45, 7) is 8.78. The Morgan fingerprint density at radius 3 is 2.05 bits per heavy atom. The van der Waals surface area contributed by atoms with Crippen molar-refractivity contribution in [1.29, 1.82) is 0 Å². The molecule has 0 heterocycles. The molecule has 20 heavy (non-hydrogen) atoms. The molecule has 6 heteroatoms. The molecule has 0 aliphatic carbocycles. The van der Waals surface area contributed by atoms with Gasteiger partial charge in [0, 0.05) is 25.9 Å². The number of aliphatic carboxylic acids is 1. The van der Waals surface area contributed by atoms with Crippen molar-refractivity contribution in [3.05, 3.63) is 0 Å². The summed E-state index contributed by atoms with van der Waals surface area (Å²) in [4.78, 5) is 36.1. The molecule has 6 nitrogen and oxygen atoms in total. The number of hydrogen-bond acceptors (Lipinski definition) is 3. The van der Waals surface area contributed by atoms with E-state index in [-0.39, 0.29) is 24.7 Å². The van der Waals surface area contributed by atoms with Crippen LogP contribution >= 0.6 is 0 Å². The highest BCUT2D eigenvalue weighted by Crippen LogP contribution is 2.06. The van der Waals surface area contributed by atoms with Gasteiger partial charge in [-0.05, 0) is 26.2 Å². The lowest BCUT2D eigenvalue weighted by Crippen LogP contribution is -2.42. The average Bonchev–Trinajstić information content (AvgIpc) is 2.36. The van der Waals surface area contributed by atoms with Crippen LogP contribution in [-0.2, 0) is 14.4 Å². The van der Waals surface area contributed by atoms with Gasteiger partial charge in [0.25, 0.3) is 0 Å². The molecule has 0 bridgehead atoms. The smallest absolute Gasteiger partial charge is 0.326 e. The Hall–Kier alpha value is -1.59. The number of nitrogens with one attached hydrogen (secondary N) is 1. The van der Waals surface area contributed by atoms with Gasteiger partial charge >= 0.3 is 5.97 Å². The molecule has 1 atom stereocenters. The van der Waals surface area contributed by atoms with Crippen molar-refractivity contribution in [2.75, 3.05) is 13.1 Å². The van der Waals surface area contributed by atoms with Crippen molar-refractivity contribution >= 4 is 17.8 Å². The Bertz CT molecular complexity index is 338. The fraction of sp³-hybridized carbons (Fsp3) is 0.786. The van der Waals surface area contributed by atoms with Gasteiger partial charge in [-0.1, -0.05) is 13.8 Å². The first-order valence-corrected chi connectivity index (χ1v) is 7.11. The highest BCUT2D eigenvalue weighted by atomic mass is 16.4. The lowest BCUT2D eigenvalue weighted by atomic mass is 10.0. The van der Waals surface area contributed by atoms with Crippen LogP contribution in [0.15, 0.2) is 0 Å². The molecule has 0 unspecified atom stereocenters. The minimum atomic E-state index is -1.04. The zero-order valence-corrected chi connectivity index (χ0v) is 12.8. The molecular formula is C14H26N2O4. The van der Waals surface area contributed by atoms with Crippen LogP contribution in [0.5, 0.6) is 0 Å². The van der Waals surface area contributed by atoms with Gasteiger partial charge < -0.3 is 15.3 Å². The summed E-state index contributed by atoms with van der Waals surface area (Å²) in [5.74, 6) is -1.34. The van der Waals surface area contributed by atoms with E-state index in [0.29, 0.717) is 19.5 Å². The first-order chi connectivity index (χ1) is 9.31. The zero-order valence-electron chi connectivity index (χ0n) is 12.8. The maximum absolute atomic E-state index is 11.7. The maximum atomic E-state index is 11.7. The summed E-state index contributed by atoms with van der Waals surface area (Å²) in [6, 6.07) is -0.883. The summed E-state index contributed by atoms with van der Waals surface area (Å²) in [5.41, 5.74) is 0. The van der Waals surface area contributed by atoms with Gasteiger partial charge in [0.15, 0.2) is 0 Å². The molecule has 0 fully saturated rings. The van der Waals surface area contributed by atoms with Crippen LogP contribution in [0.1, 0.15) is 47.0 Å². The minimum absolute atomic E-state index is 0.0250. The Labute approximate surface area is 120 Å². The van der Waals surface area contributed by atoms with Gasteiger partial charge in [-0.25, -0.2) is 4.79 Å². The Balaban J connectivity index is 4.27. The highest BCUT2D eigenvalue weighted by molar-refractivity contribution is 5.86. The Kier molecular flexibility index (Phi) is 8.59. The number of nitrogens with zero attached hydrogens (tertiary/aromatic N) is 1. The van der Waals surface area contributed by atoms with Gasteiger partial charge in [0.05, 0.1) is 0 Å². The summed E-state index contributed by atoms with van der Waals surface area (Å²) >= 11 is 0. The fourth-order valence-corrected chi connectivity index (χ4v) is 1.91. The summed E-state index contributed by atoms with van der Waals surface area (Å²) in [5, 5.41) is 11.5. The summed E-state index contributed by atoms with van der Waals surface area (Å²) in [7, 11) is 0. The molecule has 0 saturated heterocycles. The summed E-state index contributed by atoms with van der Waals surface area (Å²) < 4.78 is 0. The highest BCUT2D eigenvalue weighted by Gasteiger charge is 2.21. The lowest BCUT2D eigenvalue weighted by molar-refractivity contribution is -0.142. The molecule has 0 aromatic rings. The third-order valence-corrected chi connectivity index (χ3v) is 3.02. The largest absolute Gasteiger partial charge is 0.480 e. The number of carbonyl (C=O) groups excluding carboxylic acids is 2. The van der Waals surface area contributed by atoms with Crippen molar-refractivity contribution < 1.29 is 19.5 Å². The Morgan fingerprint density at radius 1 is 1.10 bits per heavy atom. The predicted octanol–water partition coefficient (Wildman–Crippen LogP) is 1.25. The van der Waals surface area contributed by atoms with E-state index in [1.54, 1.807) is 4.90 Å². The third-order valence-electron chi connectivity index (χ3n) is 3.02. The van der Waals surface area contributed by atoms with E-state index in [2.05, 4.69) is 5.32 Å². The van der Waals surface area contributed by atoms with Crippen LogP contribution < -0.4 is 5.32 Å². The number of carboxylic acid groups (broad SMARTS) is 1. The maximum Gasteiger partial charge on any atom is 0.326 e. The van der Waals surface area contributed by atoms with Gasteiger partial charge in [0.2, 0.25) is 11.8 Å². The first-order valence-electron chi connectivity index (χ1n) is 7.11. The van der Waals surface area contributed by atoms with Crippen molar-refractivity contribution in [3.8, 4) is 0 Å². The van der Waals surface area contributed by atoms with Crippen molar-refractivity contribution in [1.82, 2.24) is 10.2 Å².